The summed E-state index contributed by atoms with van der Waals surface area (Å²) in [4.78, 5) is 0. The van der Waals surface area contributed by atoms with E-state index in [0.717, 1.165) is 25.0 Å². The molecule has 10 heavy (non-hydrogen) atoms. The lowest BCUT2D eigenvalue weighted by molar-refractivity contribution is 0.0274. The van der Waals surface area contributed by atoms with Gasteiger partial charge in [-0.25, -0.2) is 0 Å². The van der Waals surface area contributed by atoms with Crippen LogP contribution in [-0.2, 0) is 4.74 Å². The monoisotopic (exact) mass is 144 g/mol. The Labute approximate surface area is 64.8 Å². The zero-order valence-corrected chi connectivity index (χ0v) is 7.68. The molecule has 2 unspecified atom stereocenters. The summed E-state index contributed by atoms with van der Waals surface area (Å²) in [6.45, 7) is 10.4. The number of ether oxygens (including phenoxy) is 1. The van der Waals surface area contributed by atoms with Gasteiger partial charge in [0.2, 0.25) is 0 Å². The van der Waals surface area contributed by atoms with E-state index in [-0.39, 0.29) is 0 Å². The molecule has 0 spiro atoms. The Morgan fingerprint density at radius 2 is 1.40 bits per heavy atom. The fourth-order valence-electron chi connectivity index (χ4n) is 1.29. The Kier molecular flexibility index (Phi) is 5.70. The molecule has 1 heterocycles. The van der Waals surface area contributed by atoms with E-state index in [9.17, 15) is 0 Å². The van der Waals surface area contributed by atoms with Gasteiger partial charge in [-0.05, 0) is 18.3 Å². The minimum absolute atomic E-state index is 0.791. The second kappa shape index (κ2) is 5.72. The Morgan fingerprint density at radius 1 is 1.00 bits per heavy atom. The molecule has 1 fully saturated rings. The first kappa shape index (κ1) is 9.96. The predicted octanol–water partition coefficient (Wildman–Crippen LogP) is 2.71. The van der Waals surface area contributed by atoms with Crippen molar-refractivity contribution >= 4 is 0 Å². The molecule has 0 saturated carbocycles. The van der Waals surface area contributed by atoms with Gasteiger partial charge in [-0.3, -0.25) is 0 Å². The van der Waals surface area contributed by atoms with Crippen molar-refractivity contribution < 1.29 is 4.74 Å². The van der Waals surface area contributed by atoms with E-state index in [1.165, 1.54) is 6.42 Å². The van der Waals surface area contributed by atoms with Gasteiger partial charge in [0.15, 0.2) is 0 Å². The zero-order chi connectivity index (χ0) is 7.98. The summed E-state index contributed by atoms with van der Waals surface area (Å²) in [6.07, 6.45) is 1.35. The first-order chi connectivity index (χ1) is 4.79. The van der Waals surface area contributed by atoms with Crippen molar-refractivity contribution in [1.82, 2.24) is 0 Å². The molecule has 1 aliphatic heterocycles. The Bertz CT molecular complexity index is 63.1. The lowest BCUT2D eigenvalue weighted by Crippen LogP contribution is -2.21. The van der Waals surface area contributed by atoms with Crippen LogP contribution in [0.1, 0.15) is 34.1 Å². The van der Waals surface area contributed by atoms with Crippen LogP contribution in [0.15, 0.2) is 0 Å². The molecule has 0 aromatic carbocycles. The normalized spacial score (nSPS) is 32.4. The average Bonchev–Trinajstić information content (AvgIpc) is 1.91. The van der Waals surface area contributed by atoms with Gasteiger partial charge in [0.25, 0.3) is 0 Å². The highest BCUT2D eigenvalue weighted by Gasteiger charge is 2.14. The Morgan fingerprint density at radius 3 is 1.60 bits per heavy atom. The quantitative estimate of drug-likeness (QED) is 0.508. The number of rotatable bonds is 0. The SMILES string of the molecule is CC.CC1COCC(C)C1. The van der Waals surface area contributed by atoms with Crippen molar-refractivity contribution in [1.29, 1.82) is 0 Å². The molecule has 1 heteroatoms. The molecule has 0 bridgehead atoms. The lowest BCUT2D eigenvalue weighted by Gasteiger charge is -2.23. The van der Waals surface area contributed by atoms with Crippen LogP contribution in [-0.4, -0.2) is 13.2 Å². The molecule has 0 radical (unpaired) electrons. The van der Waals surface area contributed by atoms with E-state index in [2.05, 4.69) is 13.8 Å². The van der Waals surface area contributed by atoms with Gasteiger partial charge in [0.1, 0.15) is 0 Å². The maximum Gasteiger partial charge on any atom is 0.0491 e. The van der Waals surface area contributed by atoms with E-state index in [1.807, 2.05) is 13.8 Å². The highest BCUT2D eigenvalue weighted by atomic mass is 16.5. The van der Waals surface area contributed by atoms with Gasteiger partial charge in [-0.2, -0.15) is 0 Å². The molecule has 0 N–H and O–H groups in total. The third kappa shape index (κ3) is 3.89. The van der Waals surface area contributed by atoms with Crippen LogP contribution in [0.2, 0.25) is 0 Å². The molecular weight excluding hydrogens is 124 g/mol. The highest BCUT2D eigenvalue weighted by molar-refractivity contribution is 4.62. The van der Waals surface area contributed by atoms with Crippen molar-refractivity contribution in [2.45, 2.75) is 34.1 Å². The summed E-state index contributed by atoms with van der Waals surface area (Å²) in [6, 6.07) is 0. The molecule has 0 aromatic heterocycles. The maximum atomic E-state index is 5.29. The largest absolute Gasteiger partial charge is 0.381 e. The molecule has 0 aliphatic carbocycles. The van der Waals surface area contributed by atoms with Crippen molar-refractivity contribution in [2.24, 2.45) is 11.8 Å². The summed E-state index contributed by atoms with van der Waals surface area (Å²) >= 11 is 0. The fourth-order valence-corrected chi connectivity index (χ4v) is 1.29. The van der Waals surface area contributed by atoms with Gasteiger partial charge in [-0.15, -0.1) is 0 Å². The van der Waals surface area contributed by atoms with Gasteiger partial charge >= 0.3 is 0 Å². The predicted molar refractivity (Wildman–Crippen MR) is 45.1 cm³/mol. The van der Waals surface area contributed by atoms with Crippen LogP contribution < -0.4 is 0 Å². The van der Waals surface area contributed by atoms with Gasteiger partial charge < -0.3 is 4.74 Å². The van der Waals surface area contributed by atoms with E-state index in [4.69, 9.17) is 4.74 Å². The lowest BCUT2D eigenvalue weighted by atomic mass is 9.96. The zero-order valence-electron chi connectivity index (χ0n) is 7.68. The molecule has 0 amide bonds. The van der Waals surface area contributed by atoms with Crippen LogP contribution in [0.5, 0.6) is 0 Å². The first-order valence-corrected chi connectivity index (χ1v) is 4.37. The molecular formula is C9H20O. The second-order valence-electron chi connectivity index (χ2n) is 2.98. The molecule has 0 aromatic rings. The summed E-state index contributed by atoms with van der Waals surface area (Å²) in [5, 5.41) is 0. The number of hydrogen-bond donors (Lipinski definition) is 0. The van der Waals surface area contributed by atoms with E-state index in [0.29, 0.717) is 0 Å². The minimum Gasteiger partial charge on any atom is -0.381 e. The Hall–Kier alpha value is -0.0400. The van der Waals surface area contributed by atoms with Crippen LogP contribution in [0.25, 0.3) is 0 Å². The summed E-state index contributed by atoms with van der Waals surface area (Å²) in [5.41, 5.74) is 0. The van der Waals surface area contributed by atoms with Gasteiger partial charge in [0.05, 0.1) is 0 Å². The average molecular weight is 144 g/mol. The molecule has 1 saturated heterocycles. The summed E-state index contributed by atoms with van der Waals surface area (Å²) < 4.78 is 5.29. The van der Waals surface area contributed by atoms with Gasteiger partial charge in [-0.1, -0.05) is 27.7 Å². The number of hydrogen-bond acceptors (Lipinski definition) is 1. The van der Waals surface area contributed by atoms with Crippen molar-refractivity contribution in [2.75, 3.05) is 13.2 Å². The van der Waals surface area contributed by atoms with E-state index < -0.39 is 0 Å². The molecule has 1 aliphatic rings. The smallest absolute Gasteiger partial charge is 0.0491 e. The van der Waals surface area contributed by atoms with Crippen LogP contribution in [0, 0.1) is 11.8 Å². The summed E-state index contributed by atoms with van der Waals surface area (Å²) in [7, 11) is 0. The fraction of sp³-hybridized carbons (Fsp3) is 1.00. The van der Waals surface area contributed by atoms with Crippen LogP contribution in [0.4, 0.5) is 0 Å². The maximum absolute atomic E-state index is 5.29. The molecule has 1 rings (SSSR count). The molecule has 2 atom stereocenters. The third-order valence-corrected chi connectivity index (χ3v) is 1.61. The van der Waals surface area contributed by atoms with Crippen molar-refractivity contribution in [3.63, 3.8) is 0 Å². The third-order valence-electron chi connectivity index (χ3n) is 1.61. The van der Waals surface area contributed by atoms with Crippen molar-refractivity contribution in [3.8, 4) is 0 Å². The standard InChI is InChI=1S/C7H14O.C2H6/c1-6-3-7(2)5-8-4-6;1-2/h6-7H,3-5H2,1-2H3;1-2H3. The molecule has 1 nitrogen and oxygen atoms in total. The topological polar surface area (TPSA) is 9.23 Å². The van der Waals surface area contributed by atoms with Gasteiger partial charge in [0, 0.05) is 13.2 Å². The minimum atomic E-state index is 0.791. The molecule has 62 valence electrons. The second-order valence-corrected chi connectivity index (χ2v) is 2.98. The first-order valence-electron chi connectivity index (χ1n) is 4.37. The van der Waals surface area contributed by atoms with Crippen molar-refractivity contribution in [3.05, 3.63) is 0 Å². The highest BCUT2D eigenvalue weighted by Crippen LogP contribution is 2.17. The van der Waals surface area contributed by atoms with Crippen LogP contribution in [0.3, 0.4) is 0 Å². The van der Waals surface area contributed by atoms with Crippen LogP contribution >= 0.6 is 0 Å². The summed E-state index contributed by atoms with van der Waals surface area (Å²) in [5.74, 6) is 1.58. The van der Waals surface area contributed by atoms with E-state index in [1.54, 1.807) is 0 Å². The van der Waals surface area contributed by atoms with E-state index >= 15 is 0 Å². The Balaban J connectivity index is 0.000000371.